The summed E-state index contributed by atoms with van der Waals surface area (Å²) in [7, 11) is 3.85. The van der Waals surface area contributed by atoms with Gasteiger partial charge in [-0.1, -0.05) is 12.1 Å². The van der Waals surface area contributed by atoms with Gasteiger partial charge in [-0.15, -0.1) is 0 Å². The normalized spacial score (nSPS) is 17.2. The standard InChI is InChI=1S/C28H29F3N8O3/c1-37(2)25-21-5-3-4-6-23(21)35-27(36-25)34-18-9-7-17(8-10-18)15-32-26(40)22-16-33-38(24(22)28(29,30)31)19-11-13-20(14-12-19)39(41)42/h3-6,11-14,16-18H,7-10,15H2,1-2H3,(H,32,40)(H,34,35,36). The number of alkyl halides is 3. The van der Waals surface area contributed by atoms with E-state index in [1.54, 1.807) is 0 Å². The number of carbonyl (C=O) groups is 1. The first-order valence-corrected chi connectivity index (χ1v) is 13.4. The Bertz CT molecular complexity index is 1600. The predicted octanol–water partition coefficient (Wildman–Crippen LogP) is 5.21. The minimum absolute atomic E-state index is 0.0501. The van der Waals surface area contributed by atoms with E-state index in [1.807, 2.05) is 43.3 Å². The molecular weight excluding hydrogens is 553 g/mol. The molecule has 0 spiro atoms. The number of anilines is 2. The minimum Gasteiger partial charge on any atom is -0.362 e. The molecule has 0 radical (unpaired) electrons. The summed E-state index contributed by atoms with van der Waals surface area (Å²) in [6, 6.07) is 12.4. The van der Waals surface area contributed by atoms with E-state index in [4.69, 9.17) is 0 Å². The number of hydrogen-bond acceptors (Lipinski definition) is 8. The molecule has 1 saturated carbocycles. The average Bonchev–Trinajstić information content (AvgIpc) is 3.43. The molecule has 2 aromatic heterocycles. The number of fused-ring (bicyclic) bond motifs is 1. The van der Waals surface area contributed by atoms with Crippen LogP contribution in [0.2, 0.25) is 0 Å². The van der Waals surface area contributed by atoms with E-state index in [0.29, 0.717) is 10.6 Å². The lowest BCUT2D eigenvalue weighted by Crippen LogP contribution is -2.35. The summed E-state index contributed by atoms with van der Waals surface area (Å²) in [5, 5.41) is 21.7. The van der Waals surface area contributed by atoms with Crippen molar-refractivity contribution in [3.8, 4) is 5.69 Å². The zero-order valence-corrected chi connectivity index (χ0v) is 22.9. The Kier molecular flexibility index (Phi) is 7.96. The molecule has 0 bridgehead atoms. The lowest BCUT2D eigenvalue weighted by atomic mass is 9.86. The van der Waals surface area contributed by atoms with Gasteiger partial charge >= 0.3 is 6.18 Å². The number of non-ortho nitro benzene ring substituents is 1. The summed E-state index contributed by atoms with van der Waals surface area (Å²) < 4.78 is 42.6. The van der Waals surface area contributed by atoms with E-state index in [9.17, 15) is 28.1 Å². The minimum atomic E-state index is -4.88. The van der Waals surface area contributed by atoms with Gasteiger partial charge in [0.1, 0.15) is 5.82 Å². The molecule has 2 heterocycles. The number of carbonyl (C=O) groups excluding carboxylic acids is 1. The predicted molar refractivity (Wildman–Crippen MR) is 151 cm³/mol. The third kappa shape index (κ3) is 6.11. The lowest BCUT2D eigenvalue weighted by Gasteiger charge is -2.29. The SMILES string of the molecule is CN(C)c1nc(NC2CCC(CNC(=O)c3cnn(-c4ccc([N+](=O)[O-])cc4)c3C(F)(F)F)CC2)nc2ccccc12. The van der Waals surface area contributed by atoms with Crippen molar-refractivity contribution >= 4 is 34.3 Å². The van der Waals surface area contributed by atoms with Crippen LogP contribution >= 0.6 is 0 Å². The van der Waals surface area contributed by atoms with Gasteiger partial charge in [-0.05, 0) is 55.9 Å². The van der Waals surface area contributed by atoms with Crippen molar-refractivity contribution in [2.24, 2.45) is 5.92 Å². The highest BCUT2D eigenvalue weighted by atomic mass is 19.4. The third-order valence-corrected chi connectivity index (χ3v) is 7.33. The first-order chi connectivity index (χ1) is 20.0. The van der Waals surface area contributed by atoms with Crippen LogP contribution in [-0.2, 0) is 6.18 Å². The molecule has 2 aromatic carbocycles. The fourth-order valence-corrected chi connectivity index (χ4v) is 5.19. The van der Waals surface area contributed by atoms with Crippen LogP contribution in [0.1, 0.15) is 41.7 Å². The first-order valence-electron chi connectivity index (χ1n) is 13.4. The lowest BCUT2D eigenvalue weighted by molar-refractivity contribution is -0.384. The van der Waals surface area contributed by atoms with Crippen molar-refractivity contribution in [2.45, 2.75) is 37.9 Å². The van der Waals surface area contributed by atoms with Gasteiger partial charge in [0.25, 0.3) is 11.6 Å². The number of nitro groups is 1. The van der Waals surface area contributed by atoms with Crippen molar-refractivity contribution in [3.63, 3.8) is 0 Å². The molecule has 5 rings (SSSR count). The Balaban J connectivity index is 1.21. The van der Waals surface area contributed by atoms with Crippen LogP contribution in [0.3, 0.4) is 0 Å². The summed E-state index contributed by atoms with van der Waals surface area (Å²) in [4.78, 5) is 34.4. The number of aromatic nitrogens is 4. The molecule has 1 fully saturated rings. The number of amides is 1. The Morgan fingerprint density at radius 3 is 2.40 bits per heavy atom. The highest BCUT2D eigenvalue weighted by molar-refractivity contribution is 5.95. The van der Waals surface area contributed by atoms with E-state index >= 15 is 0 Å². The number of benzene rings is 2. The molecule has 1 aliphatic carbocycles. The number of rotatable bonds is 8. The number of hydrogen-bond donors (Lipinski definition) is 2. The monoisotopic (exact) mass is 582 g/mol. The molecule has 14 heteroatoms. The van der Waals surface area contributed by atoms with Crippen molar-refractivity contribution in [3.05, 3.63) is 76.1 Å². The Labute approximate surface area is 238 Å². The van der Waals surface area contributed by atoms with Crippen molar-refractivity contribution in [1.82, 2.24) is 25.1 Å². The van der Waals surface area contributed by atoms with E-state index in [-0.39, 0.29) is 29.9 Å². The van der Waals surface area contributed by atoms with E-state index in [0.717, 1.165) is 72.9 Å². The smallest absolute Gasteiger partial charge is 0.362 e. The number of halogens is 3. The maximum absolute atomic E-state index is 14.0. The molecule has 220 valence electrons. The van der Waals surface area contributed by atoms with E-state index in [1.165, 1.54) is 0 Å². The molecular formula is C28H29F3N8O3. The van der Waals surface area contributed by atoms with Crippen LogP contribution in [0.25, 0.3) is 16.6 Å². The molecule has 1 aliphatic rings. The first kappa shape index (κ1) is 28.8. The van der Waals surface area contributed by atoms with Gasteiger partial charge in [0.2, 0.25) is 5.95 Å². The zero-order valence-electron chi connectivity index (χ0n) is 22.9. The quantitative estimate of drug-likeness (QED) is 0.214. The van der Waals surface area contributed by atoms with Crippen molar-refractivity contribution < 1.29 is 22.9 Å². The molecule has 1 amide bonds. The Morgan fingerprint density at radius 1 is 1.07 bits per heavy atom. The summed E-state index contributed by atoms with van der Waals surface area (Å²) in [6.07, 6.45) is -0.905. The summed E-state index contributed by atoms with van der Waals surface area (Å²) in [6.45, 7) is 0.225. The second kappa shape index (κ2) is 11.6. The number of nitrogens with one attached hydrogen (secondary N) is 2. The van der Waals surface area contributed by atoms with Gasteiger partial charge in [0, 0.05) is 44.2 Å². The molecule has 0 aliphatic heterocycles. The molecule has 0 saturated heterocycles. The second-order valence-electron chi connectivity index (χ2n) is 10.4. The molecule has 0 atom stereocenters. The van der Waals surface area contributed by atoms with Crippen LogP contribution < -0.4 is 15.5 Å². The Hall–Kier alpha value is -4.75. The van der Waals surface area contributed by atoms with Crippen molar-refractivity contribution in [1.29, 1.82) is 0 Å². The van der Waals surface area contributed by atoms with Gasteiger partial charge in [0.05, 0.1) is 27.9 Å². The maximum atomic E-state index is 14.0. The molecule has 2 N–H and O–H groups in total. The molecule has 42 heavy (non-hydrogen) atoms. The second-order valence-corrected chi connectivity index (χ2v) is 10.4. The van der Waals surface area contributed by atoms with Crippen LogP contribution in [0, 0.1) is 16.0 Å². The molecule has 0 unspecified atom stereocenters. The summed E-state index contributed by atoms with van der Waals surface area (Å²) in [5.74, 6) is 0.575. The van der Waals surface area contributed by atoms with E-state index in [2.05, 4.69) is 25.7 Å². The highest BCUT2D eigenvalue weighted by Gasteiger charge is 2.40. The topological polar surface area (TPSA) is 131 Å². The largest absolute Gasteiger partial charge is 0.434 e. The van der Waals surface area contributed by atoms with Crippen LogP contribution in [0.4, 0.5) is 30.6 Å². The average molecular weight is 583 g/mol. The van der Waals surface area contributed by atoms with Crippen molar-refractivity contribution in [2.75, 3.05) is 30.9 Å². The maximum Gasteiger partial charge on any atom is 0.434 e. The van der Waals surface area contributed by atoms with Gasteiger partial charge in [-0.25, -0.2) is 9.67 Å². The molecule has 4 aromatic rings. The van der Waals surface area contributed by atoms with Crippen LogP contribution in [0.5, 0.6) is 0 Å². The number of nitrogens with zero attached hydrogens (tertiary/aromatic N) is 6. The number of nitro benzene ring substituents is 1. The summed E-state index contributed by atoms with van der Waals surface area (Å²) in [5.41, 5.74) is -1.34. The van der Waals surface area contributed by atoms with Gasteiger partial charge < -0.3 is 15.5 Å². The fraction of sp³-hybridized carbons (Fsp3) is 0.357. The van der Waals surface area contributed by atoms with E-state index < -0.39 is 28.3 Å². The van der Waals surface area contributed by atoms with Gasteiger partial charge in [-0.2, -0.15) is 23.3 Å². The highest BCUT2D eigenvalue weighted by Crippen LogP contribution is 2.34. The third-order valence-electron chi connectivity index (χ3n) is 7.33. The van der Waals surface area contributed by atoms with Gasteiger partial charge in [0.15, 0.2) is 5.69 Å². The Morgan fingerprint density at radius 2 is 1.76 bits per heavy atom. The zero-order chi connectivity index (χ0) is 30.0. The van der Waals surface area contributed by atoms with Crippen LogP contribution in [-0.4, -0.2) is 57.3 Å². The fourth-order valence-electron chi connectivity index (χ4n) is 5.19. The van der Waals surface area contributed by atoms with Gasteiger partial charge in [-0.3, -0.25) is 14.9 Å². The molecule has 11 nitrogen and oxygen atoms in total. The summed E-state index contributed by atoms with van der Waals surface area (Å²) >= 11 is 0. The van der Waals surface area contributed by atoms with Crippen LogP contribution in [0.15, 0.2) is 54.7 Å². The number of para-hydroxylation sites is 1.